The first-order valence-electron chi connectivity index (χ1n) is 9.48. The Morgan fingerprint density at radius 1 is 1.18 bits per heavy atom. The van der Waals surface area contributed by atoms with E-state index in [0.29, 0.717) is 29.1 Å². The summed E-state index contributed by atoms with van der Waals surface area (Å²) in [6, 6.07) is 2.93. The van der Waals surface area contributed by atoms with Gasteiger partial charge in [-0.2, -0.15) is 0 Å². The lowest BCUT2D eigenvalue weighted by atomic mass is 10.1. The van der Waals surface area contributed by atoms with Crippen LogP contribution in [0.25, 0.3) is 10.9 Å². The zero-order valence-corrected chi connectivity index (χ0v) is 16.6. The number of hydrogen-bond acceptors (Lipinski definition) is 3. The zero-order chi connectivity index (χ0) is 20.4. The molecule has 0 saturated carbocycles. The molecule has 0 fully saturated rings. The van der Waals surface area contributed by atoms with Gasteiger partial charge in [-0.15, -0.1) is 0 Å². The molecular formula is C21H25FN4O2. The predicted octanol–water partition coefficient (Wildman–Crippen LogP) is 2.99. The number of nitrogens with one attached hydrogen (secondary N) is 3. The van der Waals surface area contributed by atoms with Gasteiger partial charge in [0.05, 0.1) is 11.9 Å². The Morgan fingerprint density at radius 3 is 2.57 bits per heavy atom. The minimum Gasteiger partial charge on any atom is -0.358 e. The van der Waals surface area contributed by atoms with Crippen LogP contribution in [0.15, 0.2) is 16.9 Å². The second-order valence-corrected chi connectivity index (χ2v) is 6.95. The van der Waals surface area contributed by atoms with Crippen LogP contribution in [0, 0.1) is 19.7 Å². The molecule has 1 amide bonds. The van der Waals surface area contributed by atoms with Crippen molar-refractivity contribution in [1.29, 1.82) is 0 Å². The number of aromatic amines is 2. The van der Waals surface area contributed by atoms with Crippen molar-refractivity contribution in [3.05, 3.63) is 62.2 Å². The van der Waals surface area contributed by atoms with Gasteiger partial charge in [-0.25, -0.2) is 9.37 Å². The SMILES string of the molecule is CCc1nc(C)c(CC(=O)NCc2cc(F)cc3c(C)c(CC)[nH]c23)c(=O)[nH]1. The van der Waals surface area contributed by atoms with Crippen LogP contribution in [-0.4, -0.2) is 20.9 Å². The van der Waals surface area contributed by atoms with E-state index in [1.54, 1.807) is 6.92 Å². The number of rotatable bonds is 6. The van der Waals surface area contributed by atoms with Crippen LogP contribution >= 0.6 is 0 Å². The molecule has 7 heteroatoms. The molecule has 1 aromatic carbocycles. The van der Waals surface area contributed by atoms with Crippen molar-refractivity contribution in [1.82, 2.24) is 20.3 Å². The molecule has 28 heavy (non-hydrogen) atoms. The summed E-state index contributed by atoms with van der Waals surface area (Å²) < 4.78 is 14.1. The molecule has 0 radical (unpaired) electrons. The molecule has 3 N–H and O–H groups in total. The molecule has 2 heterocycles. The Hall–Kier alpha value is -2.96. The number of halogens is 1. The van der Waals surface area contributed by atoms with Crippen LogP contribution in [0.1, 0.15) is 47.8 Å². The molecule has 0 aliphatic carbocycles. The van der Waals surface area contributed by atoms with Crippen LogP contribution in [-0.2, 0) is 30.6 Å². The van der Waals surface area contributed by atoms with Gasteiger partial charge in [0.2, 0.25) is 5.91 Å². The lowest BCUT2D eigenvalue weighted by molar-refractivity contribution is -0.120. The smallest absolute Gasteiger partial charge is 0.254 e. The standard InChI is InChI=1S/C21H25FN4O2/c1-5-17-11(3)15-8-14(22)7-13(20(15)25-17)10-23-19(27)9-16-12(4)24-18(6-2)26-21(16)28/h7-8,25H,5-6,9-10H2,1-4H3,(H,23,27)(H,24,26,28). The largest absolute Gasteiger partial charge is 0.358 e. The van der Waals surface area contributed by atoms with Crippen molar-refractivity contribution in [2.75, 3.05) is 0 Å². The molecule has 0 atom stereocenters. The number of benzene rings is 1. The summed E-state index contributed by atoms with van der Waals surface area (Å²) in [5, 5.41) is 3.62. The van der Waals surface area contributed by atoms with Gasteiger partial charge in [-0.05, 0) is 43.5 Å². The molecule has 6 nitrogen and oxygen atoms in total. The Morgan fingerprint density at radius 2 is 1.93 bits per heavy atom. The number of hydrogen-bond donors (Lipinski definition) is 3. The van der Waals surface area contributed by atoms with E-state index < -0.39 is 0 Å². The molecule has 148 valence electrons. The maximum atomic E-state index is 14.1. The second kappa shape index (κ2) is 7.96. The van der Waals surface area contributed by atoms with E-state index >= 15 is 0 Å². The van der Waals surface area contributed by atoms with Gasteiger partial charge in [-0.3, -0.25) is 9.59 Å². The van der Waals surface area contributed by atoms with Gasteiger partial charge >= 0.3 is 0 Å². The molecule has 0 bridgehead atoms. The maximum Gasteiger partial charge on any atom is 0.254 e. The first kappa shape index (κ1) is 19.8. The fraction of sp³-hybridized carbons (Fsp3) is 0.381. The fourth-order valence-electron chi connectivity index (χ4n) is 3.47. The molecule has 0 unspecified atom stereocenters. The van der Waals surface area contributed by atoms with E-state index in [9.17, 15) is 14.0 Å². The molecule has 3 aromatic rings. The third-order valence-corrected chi connectivity index (χ3v) is 5.09. The fourth-order valence-corrected chi connectivity index (χ4v) is 3.47. The van der Waals surface area contributed by atoms with Gasteiger partial charge in [0.25, 0.3) is 5.56 Å². The Balaban J connectivity index is 1.79. The lowest BCUT2D eigenvalue weighted by Crippen LogP contribution is -2.29. The quantitative estimate of drug-likeness (QED) is 0.610. The minimum absolute atomic E-state index is 0.0689. The highest BCUT2D eigenvalue weighted by molar-refractivity contribution is 5.88. The normalized spacial score (nSPS) is 11.2. The van der Waals surface area contributed by atoms with E-state index in [1.807, 2.05) is 20.8 Å². The summed E-state index contributed by atoms with van der Waals surface area (Å²) in [7, 11) is 0. The number of H-pyrrole nitrogens is 2. The zero-order valence-electron chi connectivity index (χ0n) is 16.6. The monoisotopic (exact) mass is 384 g/mol. The summed E-state index contributed by atoms with van der Waals surface area (Å²) in [5.41, 5.74) is 4.20. The van der Waals surface area contributed by atoms with E-state index in [-0.39, 0.29) is 30.2 Å². The second-order valence-electron chi connectivity index (χ2n) is 6.95. The van der Waals surface area contributed by atoms with Crippen molar-refractivity contribution in [3.63, 3.8) is 0 Å². The summed E-state index contributed by atoms with van der Waals surface area (Å²) in [6.07, 6.45) is 1.37. The minimum atomic E-state index is -0.340. The van der Waals surface area contributed by atoms with Crippen molar-refractivity contribution in [3.8, 4) is 0 Å². The summed E-state index contributed by atoms with van der Waals surface area (Å²) in [5.74, 6) is -0.0492. The van der Waals surface area contributed by atoms with Crippen molar-refractivity contribution in [2.24, 2.45) is 0 Å². The average Bonchev–Trinajstić information content (AvgIpc) is 2.98. The number of aryl methyl sites for hydroxylation is 4. The molecular weight excluding hydrogens is 359 g/mol. The Bertz CT molecular complexity index is 1100. The number of amides is 1. The summed E-state index contributed by atoms with van der Waals surface area (Å²) in [4.78, 5) is 34.9. The Labute approximate surface area is 162 Å². The molecule has 3 rings (SSSR count). The van der Waals surface area contributed by atoms with E-state index in [2.05, 4.69) is 20.3 Å². The molecule has 0 saturated heterocycles. The van der Waals surface area contributed by atoms with E-state index in [4.69, 9.17) is 0 Å². The third kappa shape index (κ3) is 3.83. The number of fused-ring (bicyclic) bond motifs is 1. The first-order chi connectivity index (χ1) is 13.3. The van der Waals surface area contributed by atoms with E-state index in [1.165, 1.54) is 12.1 Å². The van der Waals surface area contributed by atoms with Crippen LogP contribution < -0.4 is 10.9 Å². The number of nitrogens with zero attached hydrogens (tertiary/aromatic N) is 1. The summed E-state index contributed by atoms with van der Waals surface area (Å²) >= 11 is 0. The highest BCUT2D eigenvalue weighted by Crippen LogP contribution is 2.26. The van der Waals surface area contributed by atoms with Crippen LogP contribution in [0.4, 0.5) is 4.39 Å². The van der Waals surface area contributed by atoms with Crippen molar-refractivity contribution >= 4 is 16.8 Å². The van der Waals surface area contributed by atoms with Gasteiger partial charge in [0.1, 0.15) is 11.6 Å². The Kier molecular flexibility index (Phi) is 5.63. The number of carbonyl (C=O) groups excluding carboxylic acids is 1. The van der Waals surface area contributed by atoms with Gasteiger partial charge in [-0.1, -0.05) is 13.8 Å². The molecule has 0 spiro atoms. The topological polar surface area (TPSA) is 90.6 Å². The predicted molar refractivity (Wildman–Crippen MR) is 107 cm³/mol. The van der Waals surface area contributed by atoms with Crippen molar-refractivity contribution in [2.45, 2.75) is 53.5 Å². The van der Waals surface area contributed by atoms with Gasteiger partial charge < -0.3 is 15.3 Å². The van der Waals surface area contributed by atoms with E-state index in [0.717, 1.165) is 28.6 Å². The maximum absolute atomic E-state index is 14.1. The summed E-state index contributed by atoms with van der Waals surface area (Å²) in [6.45, 7) is 7.79. The number of aromatic nitrogens is 3. The lowest BCUT2D eigenvalue weighted by Gasteiger charge is -2.09. The van der Waals surface area contributed by atoms with Crippen LogP contribution in [0.3, 0.4) is 0 Å². The molecule has 2 aromatic heterocycles. The molecule has 0 aliphatic heterocycles. The van der Waals surface area contributed by atoms with Crippen LogP contribution in [0.2, 0.25) is 0 Å². The third-order valence-electron chi connectivity index (χ3n) is 5.09. The van der Waals surface area contributed by atoms with Gasteiger partial charge in [0, 0.05) is 35.3 Å². The first-order valence-corrected chi connectivity index (χ1v) is 9.48. The average molecular weight is 384 g/mol. The van der Waals surface area contributed by atoms with Gasteiger partial charge in [0.15, 0.2) is 0 Å². The highest BCUT2D eigenvalue weighted by Gasteiger charge is 2.15. The van der Waals surface area contributed by atoms with Crippen LogP contribution in [0.5, 0.6) is 0 Å². The highest BCUT2D eigenvalue weighted by atomic mass is 19.1. The molecule has 0 aliphatic rings. The van der Waals surface area contributed by atoms with Crippen molar-refractivity contribution < 1.29 is 9.18 Å². The number of carbonyl (C=O) groups is 1.